The summed E-state index contributed by atoms with van der Waals surface area (Å²) in [6, 6.07) is 8.62. The van der Waals surface area contributed by atoms with Gasteiger partial charge in [-0.05, 0) is 37.3 Å². The average Bonchev–Trinajstić information content (AvgIpc) is 3.04. The first kappa shape index (κ1) is 13.4. The van der Waals surface area contributed by atoms with Gasteiger partial charge in [-0.3, -0.25) is 9.59 Å². The highest BCUT2D eigenvalue weighted by molar-refractivity contribution is 5.98. The molecular weight excluding hydrogens is 268 g/mol. The van der Waals surface area contributed by atoms with E-state index in [1.54, 1.807) is 34.8 Å². The molecule has 0 aliphatic carbocycles. The van der Waals surface area contributed by atoms with Crippen LogP contribution >= 0.6 is 0 Å². The molecule has 0 saturated carbocycles. The number of nitrogens with zero attached hydrogens (tertiary/aromatic N) is 3. The monoisotopic (exact) mass is 284 g/mol. The molecule has 1 N–H and O–H groups in total. The molecule has 1 aromatic heterocycles. The summed E-state index contributed by atoms with van der Waals surface area (Å²) >= 11 is 0. The highest BCUT2D eigenvalue weighted by Gasteiger charge is 2.29. The number of piperazine rings is 1. The molecule has 1 unspecified atom stereocenters. The summed E-state index contributed by atoms with van der Waals surface area (Å²) in [6.45, 7) is 2.78. The first-order valence-electron chi connectivity index (χ1n) is 6.85. The maximum atomic E-state index is 12.5. The highest BCUT2D eigenvalue weighted by Crippen LogP contribution is 2.13. The van der Waals surface area contributed by atoms with Crippen LogP contribution in [-0.4, -0.2) is 45.6 Å². The molecule has 0 bridgehead atoms. The molecule has 6 heteroatoms. The van der Waals surface area contributed by atoms with Gasteiger partial charge >= 0.3 is 0 Å². The highest BCUT2D eigenvalue weighted by atomic mass is 16.2. The minimum Gasteiger partial charge on any atom is -0.353 e. The van der Waals surface area contributed by atoms with Gasteiger partial charge in [-0.25, -0.2) is 4.68 Å². The first-order chi connectivity index (χ1) is 10.2. The van der Waals surface area contributed by atoms with Crippen LogP contribution in [0.3, 0.4) is 0 Å². The van der Waals surface area contributed by atoms with Gasteiger partial charge in [0.05, 0.1) is 5.69 Å². The molecule has 0 radical (unpaired) electrons. The predicted molar refractivity (Wildman–Crippen MR) is 77.1 cm³/mol. The van der Waals surface area contributed by atoms with Crippen molar-refractivity contribution in [1.82, 2.24) is 20.0 Å². The molecule has 2 aromatic rings. The van der Waals surface area contributed by atoms with E-state index >= 15 is 0 Å². The van der Waals surface area contributed by atoms with E-state index < -0.39 is 6.04 Å². The maximum absolute atomic E-state index is 12.5. The van der Waals surface area contributed by atoms with Crippen molar-refractivity contribution in [3.8, 4) is 5.69 Å². The Kier molecular flexibility index (Phi) is 3.43. The normalized spacial score (nSPS) is 18.4. The molecule has 1 aromatic carbocycles. The van der Waals surface area contributed by atoms with Gasteiger partial charge in [-0.2, -0.15) is 5.10 Å². The average molecular weight is 284 g/mol. The summed E-state index contributed by atoms with van der Waals surface area (Å²) < 4.78 is 1.73. The van der Waals surface area contributed by atoms with Gasteiger partial charge in [0.15, 0.2) is 0 Å². The van der Waals surface area contributed by atoms with Gasteiger partial charge in [-0.1, -0.05) is 0 Å². The van der Waals surface area contributed by atoms with Gasteiger partial charge in [0.1, 0.15) is 6.04 Å². The van der Waals surface area contributed by atoms with Crippen molar-refractivity contribution >= 4 is 11.8 Å². The maximum Gasteiger partial charge on any atom is 0.254 e. The van der Waals surface area contributed by atoms with Crippen molar-refractivity contribution in [3.63, 3.8) is 0 Å². The van der Waals surface area contributed by atoms with Crippen LogP contribution in [0.15, 0.2) is 42.7 Å². The van der Waals surface area contributed by atoms with Crippen LogP contribution in [0.25, 0.3) is 5.69 Å². The number of hydrogen-bond acceptors (Lipinski definition) is 3. The van der Waals surface area contributed by atoms with E-state index in [2.05, 4.69) is 10.4 Å². The lowest BCUT2D eigenvalue weighted by Crippen LogP contribution is -2.55. The lowest BCUT2D eigenvalue weighted by atomic mass is 10.1. The third kappa shape index (κ3) is 2.52. The summed E-state index contributed by atoms with van der Waals surface area (Å²) in [5, 5.41) is 6.89. The molecule has 1 aliphatic heterocycles. The van der Waals surface area contributed by atoms with Gasteiger partial charge in [-0.15, -0.1) is 0 Å². The fourth-order valence-corrected chi connectivity index (χ4v) is 2.40. The van der Waals surface area contributed by atoms with E-state index in [0.29, 0.717) is 18.7 Å². The number of hydrogen-bond donors (Lipinski definition) is 1. The Morgan fingerprint density at radius 2 is 2.10 bits per heavy atom. The molecule has 2 amide bonds. The summed E-state index contributed by atoms with van der Waals surface area (Å²) in [5.74, 6) is -0.230. The molecule has 3 rings (SSSR count). The summed E-state index contributed by atoms with van der Waals surface area (Å²) in [5.41, 5.74) is 1.47. The van der Waals surface area contributed by atoms with E-state index in [-0.39, 0.29) is 11.8 Å². The molecule has 1 atom stereocenters. The number of rotatable bonds is 2. The quantitative estimate of drug-likeness (QED) is 0.888. The smallest absolute Gasteiger partial charge is 0.254 e. The molecular formula is C15H16N4O2. The van der Waals surface area contributed by atoms with Crippen molar-refractivity contribution in [1.29, 1.82) is 0 Å². The molecule has 6 nitrogen and oxygen atoms in total. The number of nitrogens with one attached hydrogen (secondary N) is 1. The molecule has 0 spiro atoms. The largest absolute Gasteiger partial charge is 0.353 e. The van der Waals surface area contributed by atoms with Gasteiger partial charge < -0.3 is 10.2 Å². The van der Waals surface area contributed by atoms with Crippen LogP contribution in [0.1, 0.15) is 17.3 Å². The standard InChI is InChI=1S/C15H16N4O2/c1-11-14(20)16-8-10-18(11)15(21)12-3-5-13(6-4-12)19-9-2-7-17-19/h2-7,9,11H,8,10H2,1H3,(H,16,20). The van der Waals surface area contributed by atoms with Crippen LogP contribution in [0.4, 0.5) is 0 Å². The van der Waals surface area contributed by atoms with E-state index in [4.69, 9.17) is 0 Å². The molecule has 1 saturated heterocycles. The number of benzene rings is 1. The lowest BCUT2D eigenvalue weighted by molar-refractivity contribution is -0.127. The molecule has 21 heavy (non-hydrogen) atoms. The number of amides is 2. The van der Waals surface area contributed by atoms with Crippen LogP contribution < -0.4 is 5.32 Å². The summed E-state index contributed by atoms with van der Waals surface area (Å²) in [6.07, 6.45) is 3.54. The molecule has 1 fully saturated rings. The second-order valence-corrected chi connectivity index (χ2v) is 4.96. The van der Waals surface area contributed by atoms with Crippen molar-refractivity contribution in [2.45, 2.75) is 13.0 Å². The van der Waals surface area contributed by atoms with Gasteiger partial charge in [0.25, 0.3) is 5.91 Å². The molecule has 1 aliphatic rings. The van der Waals surface area contributed by atoms with E-state index in [1.807, 2.05) is 24.4 Å². The topological polar surface area (TPSA) is 67.2 Å². The van der Waals surface area contributed by atoms with Crippen LogP contribution in [0.2, 0.25) is 0 Å². The lowest BCUT2D eigenvalue weighted by Gasteiger charge is -2.32. The minimum atomic E-state index is -0.433. The molecule has 2 heterocycles. The van der Waals surface area contributed by atoms with Crippen LogP contribution in [0, 0.1) is 0 Å². The fraction of sp³-hybridized carbons (Fsp3) is 0.267. The Morgan fingerprint density at radius 3 is 2.76 bits per heavy atom. The third-order valence-corrected chi connectivity index (χ3v) is 3.64. The number of aromatic nitrogens is 2. The zero-order valence-corrected chi connectivity index (χ0v) is 11.7. The number of carbonyl (C=O) groups is 2. The number of carbonyl (C=O) groups excluding carboxylic acids is 2. The SMILES string of the molecule is CC1C(=O)NCCN1C(=O)c1ccc(-n2cccn2)cc1. The molecule has 108 valence electrons. The zero-order chi connectivity index (χ0) is 14.8. The predicted octanol–water partition coefficient (Wildman–Crippen LogP) is 0.833. The van der Waals surface area contributed by atoms with E-state index in [1.165, 1.54) is 0 Å². The zero-order valence-electron chi connectivity index (χ0n) is 11.7. The fourth-order valence-electron chi connectivity index (χ4n) is 2.40. The Bertz CT molecular complexity index is 649. The van der Waals surface area contributed by atoms with Gasteiger partial charge in [0, 0.05) is 31.0 Å². The van der Waals surface area contributed by atoms with Crippen molar-refractivity contribution in [2.75, 3.05) is 13.1 Å². The minimum absolute atomic E-state index is 0.109. The van der Waals surface area contributed by atoms with Crippen molar-refractivity contribution in [2.24, 2.45) is 0 Å². The Labute approximate surface area is 122 Å². The summed E-state index contributed by atoms with van der Waals surface area (Å²) in [7, 11) is 0. The van der Waals surface area contributed by atoms with Crippen LogP contribution in [-0.2, 0) is 4.79 Å². The second-order valence-electron chi connectivity index (χ2n) is 4.96. The van der Waals surface area contributed by atoms with Crippen LogP contribution in [0.5, 0.6) is 0 Å². The van der Waals surface area contributed by atoms with Crippen molar-refractivity contribution in [3.05, 3.63) is 48.3 Å². The van der Waals surface area contributed by atoms with E-state index in [0.717, 1.165) is 5.69 Å². The Balaban J connectivity index is 1.80. The Hall–Kier alpha value is -2.63. The first-order valence-corrected chi connectivity index (χ1v) is 6.85. The third-order valence-electron chi connectivity index (χ3n) is 3.64. The van der Waals surface area contributed by atoms with E-state index in [9.17, 15) is 9.59 Å². The second kappa shape index (κ2) is 5.40. The van der Waals surface area contributed by atoms with Crippen molar-refractivity contribution < 1.29 is 9.59 Å². The summed E-state index contributed by atoms with van der Waals surface area (Å²) in [4.78, 5) is 25.7. The van der Waals surface area contributed by atoms with Gasteiger partial charge in [0.2, 0.25) is 5.91 Å². The Morgan fingerprint density at radius 1 is 1.33 bits per heavy atom.